The van der Waals surface area contributed by atoms with E-state index in [1.165, 1.54) is 17.3 Å². The van der Waals surface area contributed by atoms with Crippen molar-refractivity contribution in [3.63, 3.8) is 0 Å². The van der Waals surface area contributed by atoms with Crippen molar-refractivity contribution in [3.05, 3.63) is 35.4 Å². The van der Waals surface area contributed by atoms with Gasteiger partial charge in [0.15, 0.2) is 0 Å². The van der Waals surface area contributed by atoms with Gasteiger partial charge in [-0.1, -0.05) is 45.0 Å². The molecule has 23 heavy (non-hydrogen) atoms. The van der Waals surface area contributed by atoms with E-state index in [-0.39, 0.29) is 11.8 Å². The lowest BCUT2D eigenvalue weighted by atomic mass is 10.0. The quantitative estimate of drug-likeness (QED) is 0.595. The van der Waals surface area contributed by atoms with Crippen molar-refractivity contribution in [1.82, 2.24) is 5.32 Å². The summed E-state index contributed by atoms with van der Waals surface area (Å²) in [6.07, 6.45) is 0. The molecule has 0 saturated carbocycles. The van der Waals surface area contributed by atoms with Crippen LogP contribution in [0.15, 0.2) is 24.3 Å². The van der Waals surface area contributed by atoms with Gasteiger partial charge in [0.05, 0.1) is 0 Å². The Morgan fingerprint density at radius 1 is 1.22 bits per heavy atom. The van der Waals surface area contributed by atoms with E-state index in [0.717, 1.165) is 11.3 Å². The fraction of sp³-hybridized carbons (Fsp3) is 0.529. The number of aliphatic carboxylic acids is 1. The first-order chi connectivity index (χ1) is 10.8. The predicted octanol–water partition coefficient (Wildman–Crippen LogP) is 3.18. The number of carboxylic acid groups (broad SMARTS) is 1. The summed E-state index contributed by atoms with van der Waals surface area (Å²) < 4.78 is 0. The van der Waals surface area contributed by atoms with Crippen molar-refractivity contribution in [1.29, 1.82) is 0 Å². The number of hydrogen-bond donors (Lipinski definition) is 3. The highest BCUT2D eigenvalue weighted by atomic mass is 32.2. The molecule has 128 valence electrons. The number of carboxylic acids is 1. The van der Waals surface area contributed by atoms with Crippen LogP contribution in [0.1, 0.15) is 37.8 Å². The van der Waals surface area contributed by atoms with Crippen LogP contribution in [0.2, 0.25) is 0 Å². The van der Waals surface area contributed by atoms with Crippen molar-refractivity contribution in [3.8, 4) is 0 Å². The summed E-state index contributed by atoms with van der Waals surface area (Å²) in [5.41, 5.74) is 2.44. The second-order valence-electron chi connectivity index (χ2n) is 5.89. The third-order valence-corrected chi connectivity index (χ3v) is 5.19. The third-order valence-electron chi connectivity index (χ3n) is 3.54. The summed E-state index contributed by atoms with van der Waals surface area (Å²) in [4.78, 5) is 23.1. The van der Waals surface area contributed by atoms with Crippen LogP contribution in [0.4, 0.5) is 0 Å². The van der Waals surface area contributed by atoms with Gasteiger partial charge in [0.25, 0.3) is 0 Å². The minimum Gasteiger partial charge on any atom is -0.480 e. The Morgan fingerprint density at radius 2 is 1.83 bits per heavy atom. The summed E-state index contributed by atoms with van der Waals surface area (Å²) in [5.74, 6) is 0.382. The average molecular weight is 356 g/mol. The highest BCUT2D eigenvalue weighted by Crippen LogP contribution is 2.18. The number of thioether (sulfide) groups is 1. The molecule has 1 aromatic carbocycles. The van der Waals surface area contributed by atoms with Gasteiger partial charge in [0.2, 0.25) is 5.91 Å². The first-order valence-corrected chi connectivity index (χ1v) is 9.44. The summed E-state index contributed by atoms with van der Waals surface area (Å²) in [6, 6.07) is 7.47. The number of carbonyl (C=O) groups is 2. The molecule has 1 aromatic rings. The van der Waals surface area contributed by atoms with Crippen LogP contribution in [0.5, 0.6) is 0 Å². The van der Waals surface area contributed by atoms with Crippen LogP contribution in [0.25, 0.3) is 0 Å². The zero-order chi connectivity index (χ0) is 17.4. The molecule has 0 heterocycles. The smallest absolute Gasteiger partial charge is 0.327 e. The van der Waals surface area contributed by atoms with E-state index in [2.05, 4.69) is 56.1 Å². The van der Waals surface area contributed by atoms with Gasteiger partial charge in [-0.15, -0.1) is 0 Å². The average Bonchev–Trinajstić information content (AvgIpc) is 2.53. The van der Waals surface area contributed by atoms with Gasteiger partial charge in [-0.3, -0.25) is 4.79 Å². The number of amides is 1. The van der Waals surface area contributed by atoms with Gasteiger partial charge in [-0.2, -0.15) is 24.4 Å². The lowest BCUT2D eigenvalue weighted by molar-refractivity contribution is -0.141. The van der Waals surface area contributed by atoms with E-state index in [9.17, 15) is 14.7 Å². The molecule has 0 aliphatic carbocycles. The molecule has 2 atom stereocenters. The second-order valence-corrected chi connectivity index (χ2v) is 7.29. The maximum Gasteiger partial charge on any atom is 0.327 e. The Kier molecular flexibility index (Phi) is 8.55. The van der Waals surface area contributed by atoms with Crippen LogP contribution in [-0.2, 0) is 15.3 Å². The van der Waals surface area contributed by atoms with Gasteiger partial charge < -0.3 is 10.4 Å². The van der Waals surface area contributed by atoms with Crippen LogP contribution in [0.3, 0.4) is 0 Å². The molecule has 1 rings (SSSR count). The summed E-state index contributed by atoms with van der Waals surface area (Å²) in [6.45, 7) is 6.02. The van der Waals surface area contributed by atoms with Crippen LogP contribution in [-0.4, -0.2) is 34.5 Å². The number of hydrogen-bond acceptors (Lipinski definition) is 4. The van der Waals surface area contributed by atoms with Gasteiger partial charge >= 0.3 is 5.97 Å². The topological polar surface area (TPSA) is 66.4 Å². The fourth-order valence-corrected chi connectivity index (χ4v) is 3.04. The molecule has 4 nitrogen and oxygen atoms in total. The summed E-state index contributed by atoms with van der Waals surface area (Å²) in [5, 5.41) is 11.8. The lowest BCUT2D eigenvalue weighted by Gasteiger charge is -2.16. The molecular formula is C17H25NO3S2. The second kappa shape index (κ2) is 9.88. The molecule has 1 amide bonds. The molecule has 6 heteroatoms. The molecule has 0 aromatic heterocycles. The first kappa shape index (κ1) is 19.9. The van der Waals surface area contributed by atoms with Crippen molar-refractivity contribution in [2.45, 2.75) is 38.5 Å². The molecular weight excluding hydrogens is 330 g/mol. The van der Waals surface area contributed by atoms with Gasteiger partial charge in [-0.25, -0.2) is 4.79 Å². The molecule has 0 bridgehead atoms. The molecule has 2 N–H and O–H groups in total. The number of thiol groups is 1. The van der Waals surface area contributed by atoms with E-state index in [0.29, 0.717) is 17.4 Å². The standard InChI is InChI=1S/C17H25NO3S2/c1-11(2)14-6-4-13(5-7-14)9-23-10-15(17(20)21)18-16(19)12(3)8-22/h4-7,11-12,15,22H,8-10H2,1-3H3,(H,18,19)(H,20,21)/t12-,15+/m1/s1. The van der Waals surface area contributed by atoms with Gasteiger partial charge in [-0.05, 0) is 17.0 Å². The van der Waals surface area contributed by atoms with Crippen molar-refractivity contribution in [2.24, 2.45) is 5.92 Å². The summed E-state index contributed by atoms with van der Waals surface area (Å²) in [7, 11) is 0. The number of nitrogens with one attached hydrogen (secondary N) is 1. The predicted molar refractivity (Wildman–Crippen MR) is 99.3 cm³/mol. The Morgan fingerprint density at radius 3 is 2.30 bits per heavy atom. The minimum atomic E-state index is -1.01. The Hall–Kier alpha value is -1.14. The first-order valence-electron chi connectivity index (χ1n) is 7.65. The van der Waals surface area contributed by atoms with Crippen molar-refractivity contribution < 1.29 is 14.7 Å². The fourth-order valence-electron chi connectivity index (χ4n) is 1.86. The van der Waals surface area contributed by atoms with Crippen LogP contribution in [0, 0.1) is 5.92 Å². The highest BCUT2D eigenvalue weighted by Gasteiger charge is 2.22. The third kappa shape index (κ3) is 6.87. The van der Waals surface area contributed by atoms with E-state index in [1.807, 2.05) is 0 Å². The van der Waals surface area contributed by atoms with E-state index in [4.69, 9.17) is 0 Å². The normalized spacial score (nSPS) is 13.6. The Bertz CT molecular complexity index is 517. The number of carbonyl (C=O) groups excluding carboxylic acids is 1. The SMILES string of the molecule is CC(C)c1ccc(CSC[C@H](NC(=O)[C@H](C)CS)C(=O)O)cc1. The molecule has 0 saturated heterocycles. The molecule has 0 aliphatic heterocycles. The Labute approximate surface area is 147 Å². The Balaban J connectivity index is 2.49. The lowest BCUT2D eigenvalue weighted by Crippen LogP contribution is -2.45. The van der Waals surface area contributed by atoms with Crippen molar-refractivity contribution >= 4 is 36.3 Å². The van der Waals surface area contributed by atoms with Gasteiger partial charge in [0, 0.05) is 23.2 Å². The maximum absolute atomic E-state index is 11.8. The van der Waals surface area contributed by atoms with Gasteiger partial charge in [0.1, 0.15) is 6.04 Å². The van der Waals surface area contributed by atoms with Crippen LogP contribution >= 0.6 is 24.4 Å². The van der Waals surface area contributed by atoms with E-state index >= 15 is 0 Å². The molecule has 0 aliphatic rings. The summed E-state index contributed by atoms with van der Waals surface area (Å²) >= 11 is 5.56. The van der Waals surface area contributed by atoms with E-state index < -0.39 is 12.0 Å². The maximum atomic E-state index is 11.8. The number of benzene rings is 1. The van der Waals surface area contributed by atoms with E-state index in [1.54, 1.807) is 6.92 Å². The highest BCUT2D eigenvalue weighted by molar-refractivity contribution is 7.98. The van der Waals surface area contributed by atoms with Crippen LogP contribution < -0.4 is 5.32 Å². The largest absolute Gasteiger partial charge is 0.480 e. The molecule has 0 spiro atoms. The number of rotatable bonds is 9. The zero-order valence-electron chi connectivity index (χ0n) is 13.8. The zero-order valence-corrected chi connectivity index (χ0v) is 15.5. The molecule has 0 fully saturated rings. The van der Waals surface area contributed by atoms with Crippen molar-refractivity contribution in [2.75, 3.05) is 11.5 Å². The molecule has 0 unspecified atom stereocenters. The monoisotopic (exact) mass is 355 g/mol. The minimum absolute atomic E-state index is 0.269. The molecule has 0 radical (unpaired) electrons.